The number of aliphatic carboxylic acids is 1. The van der Waals surface area contributed by atoms with E-state index in [1.54, 1.807) is 11.3 Å². The highest BCUT2D eigenvalue weighted by Crippen LogP contribution is 2.25. The number of rotatable bonds is 7. The summed E-state index contributed by atoms with van der Waals surface area (Å²) in [6.45, 7) is 2.00. The summed E-state index contributed by atoms with van der Waals surface area (Å²) in [6, 6.07) is 7.12. The van der Waals surface area contributed by atoms with Crippen molar-refractivity contribution in [1.29, 1.82) is 0 Å². The van der Waals surface area contributed by atoms with Gasteiger partial charge in [0, 0.05) is 4.70 Å². The molecule has 0 bridgehead atoms. The molecule has 1 unspecified atom stereocenters. The van der Waals surface area contributed by atoms with Gasteiger partial charge in [-0.2, -0.15) is 0 Å². The smallest absolute Gasteiger partial charge is 0.326 e. The summed E-state index contributed by atoms with van der Waals surface area (Å²) >= 11 is 1.60. The van der Waals surface area contributed by atoms with Gasteiger partial charge in [0.25, 0.3) is 0 Å². The molecule has 5 heteroatoms. The van der Waals surface area contributed by atoms with Crippen molar-refractivity contribution in [2.24, 2.45) is 0 Å². The minimum Gasteiger partial charge on any atom is -0.480 e. The molecule has 0 spiro atoms. The third-order valence-corrected chi connectivity index (χ3v) is 4.40. The van der Waals surface area contributed by atoms with Gasteiger partial charge in [0.2, 0.25) is 5.91 Å². The fraction of sp³-hybridized carbons (Fsp3) is 0.375. The van der Waals surface area contributed by atoms with Crippen LogP contribution in [-0.4, -0.2) is 23.0 Å². The fourth-order valence-corrected chi connectivity index (χ4v) is 3.22. The quantitative estimate of drug-likeness (QED) is 0.825. The lowest BCUT2D eigenvalue weighted by Gasteiger charge is -2.13. The first kappa shape index (κ1) is 15.5. The monoisotopic (exact) mass is 305 g/mol. The predicted molar refractivity (Wildman–Crippen MR) is 84.6 cm³/mol. The first-order valence-electron chi connectivity index (χ1n) is 7.09. The van der Waals surface area contributed by atoms with Gasteiger partial charge in [-0.05, 0) is 28.8 Å². The van der Waals surface area contributed by atoms with Crippen LogP contribution in [0.25, 0.3) is 10.1 Å². The molecule has 1 atom stereocenters. The minimum absolute atomic E-state index is 0.222. The van der Waals surface area contributed by atoms with Crippen LogP contribution in [0.2, 0.25) is 0 Å². The third kappa shape index (κ3) is 4.04. The molecule has 1 heterocycles. The van der Waals surface area contributed by atoms with Gasteiger partial charge in [0.1, 0.15) is 6.04 Å². The molecule has 112 valence electrons. The number of nitrogens with one attached hydrogen (secondary N) is 1. The summed E-state index contributed by atoms with van der Waals surface area (Å²) < 4.78 is 1.14. The summed E-state index contributed by atoms with van der Waals surface area (Å²) in [7, 11) is 0. The fourth-order valence-electron chi connectivity index (χ4n) is 2.25. The highest BCUT2D eigenvalue weighted by atomic mass is 32.1. The molecule has 0 aliphatic rings. The van der Waals surface area contributed by atoms with Crippen LogP contribution in [0.5, 0.6) is 0 Å². The standard InChI is InChI=1S/C16H19NO3S/c1-2-3-7-13(16(19)20)17-15(18)9-11-10-21-14-8-5-4-6-12(11)14/h4-6,8,10,13H,2-3,7,9H2,1H3,(H,17,18)(H,19,20). The van der Waals surface area contributed by atoms with Crippen molar-refractivity contribution in [3.8, 4) is 0 Å². The summed E-state index contributed by atoms with van der Waals surface area (Å²) in [4.78, 5) is 23.2. The van der Waals surface area contributed by atoms with Gasteiger partial charge in [0.15, 0.2) is 0 Å². The molecule has 4 nitrogen and oxygen atoms in total. The lowest BCUT2D eigenvalue weighted by atomic mass is 10.1. The Bertz CT molecular complexity index is 635. The molecule has 0 aliphatic heterocycles. The van der Waals surface area contributed by atoms with Crippen LogP contribution in [0, 0.1) is 0 Å². The lowest BCUT2D eigenvalue weighted by molar-refractivity contribution is -0.141. The Labute approximate surface area is 127 Å². The molecule has 2 N–H and O–H groups in total. The van der Waals surface area contributed by atoms with Crippen molar-refractivity contribution in [2.45, 2.75) is 38.6 Å². The molecule has 0 aliphatic carbocycles. The molecule has 1 aromatic heterocycles. The summed E-state index contributed by atoms with van der Waals surface area (Å²) in [5, 5.41) is 14.8. The Morgan fingerprint density at radius 3 is 2.81 bits per heavy atom. The lowest BCUT2D eigenvalue weighted by Crippen LogP contribution is -2.41. The number of amides is 1. The second-order valence-electron chi connectivity index (χ2n) is 5.03. The highest BCUT2D eigenvalue weighted by molar-refractivity contribution is 7.17. The van der Waals surface area contributed by atoms with Crippen LogP contribution in [-0.2, 0) is 16.0 Å². The molecular weight excluding hydrogens is 286 g/mol. The van der Waals surface area contributed by atoms with Gasteiger partial charge in [0.05, 0.1) is 6.42 Å². The zero-order valence-corrected chi connectivity index (χ0v) is 12.8. The van der Waals surface area contributed by atoms with E-state index in [1.807, 2.05) is 36.6 Å². The molecule has 2 aromatic rings. The maximum absolute atomic E-state index is 12.1. The summed E-state index contributed by atoms with van der Waals surface area (Å²) in [5.41, 5.74) is 0.952. The first-order valence-corrected chi connectivity index (χ1v) is 7.97. The van der Waals surface area contributed by atoms with E-state index in [1.165, 1.54) is 0 Å². The van der Waals surface area contributed by atoms with Crippen LogP contribution >= 0.6 is 11.3 Å². The SMILES string of the molecule is CCCCC(NC(=O)Cc1csc2ccccc12)C(=O)O. The third-order valence-electron chi connectivity index (χ3n) is 3.39. The molecule has 0 radical (unpaired) electrons. The molecule has 1 amide bonds. The predicted octanol–water partition coefficient (Wildman–Crippen LogP) is 3.20. The summed E-state index contributed by atoms with van der Waals surface area (Å²) in [5.74, 6) is -1.20. The Balaban J connectivity index is 2.02. The van der Waals surface area contributed by atoms with Gasteiger partial charge in [-0.3, -0.25) is 4.79 Å². The Morgan fingerprint density at radius 1 is 1.33 bits per heavy atom. The zero-order valence-electron chi connectivity index (χ0n) is 12.0. The van der Waals surface area contributed by atoms with Crippen molar-refractivity contribution in [1.82, 2.24) is 5.32 Å². The van der Waals surface area contributed by atoms with E-state index in [4.69, 9.17) is 5.11 Å². The topological polar surface area (TPSA) is 66.4 Å². The highest BCUT2D eigenvalue weighted by Gasteiger charge is 2.19. The van der Waals surface area contributed by atoms with Crippen molar-refractivity contribution in [3.63, 3.8) is 0 Å². The summed E-state index contributed by atoms with van der Waals surface area (Å²) in [6.07, 6.45) is 2.40. The number of carboxylic acid groups (broad SMARTS) is 1. The molecular formula is C16H19NO3S. The number of unbranched alkanes of at least 4 members (excludes halogenated alkanes) is 1. The Kier molecular flexibility index (Phi) is 5.33. The van der Waals surface area contributed by atoms with E-state index in [2.05, 4.69) is 5.32 Å². The number of carboxylic acids is 1. The van der Waals surface area contributed by atoms with Crippen LogP contribution in [0.15, 0.2) is 29.6 Å². The van der Waals surface area contributed by atoms with Crippen LogP contribution in [0.3, 0.4) is 0 Å². The van der Waals surface area contributed by atoms with Crippen molar-refractivity contribution in [3.05, 3.63) is 35.2 Å². The molecule has 0 saturated carbocycles. The second kappa shape index (κ2) is 7.22. The normalized spacial score (nSPS) is 12.2. The second-order valence-corrected chi connectivity index (χ2v) is 5.95. The molecule has 0 saturated heterocycles. The van der Waals surface area contributed by atoms with Crippen LogP contribution in [0.4, 0.5) is 0 Å². The van der Waals surface area contributed by atoms with Crippen LogP contribution < -0.4 is 5.32 Å². The maximum Gasteiger partial charge on any atom is 0.326 e. The van der Waals surface area contributed by atoms with Gasteiger partial charge in [-0.25, -0.2) is 4.79 Å². The number of carbonyl (C=O) groups excluding carboxylic acids is 1. The maximum atomic E-state index is 12.1. The number of fused-ring (bicyclic) bond motifs is 1. The van der Waals surface area contributed by atoms with E-state index in [9.17, 15) is 9.59 Å². The zero-order chi connectivity index (χ0) is 15.2. The largest absolute Gasteiger partial charge is 0.480 e. The first-order chi connectivity index (χ1) is 10.1. The van der Waals surface area contributed by atoms with Crippen molar-refractivity contribution in [2.75, 3.05) is 0 Å². The average Bonchev–Trinajstić information content (AvgIpc) is 2.86. The van der Waals surface area contributed by atoms with Crippen LogP contribution in [0.1, 0.15) is 31.7 Å². The van der Waals surface area contributed by atoms with E-state index in [0.29, 0.717) is 6.42 Å². The average molecular weight is 305 g/mol. The van der Waals surface area contributed by atoms with E-state index < -0.39 is 12.0 Å². The van der Waals surface area contributed by atoms with Gasteiger partial charge in [-0.1, -0.05) is 38.0 Å². The van der Waals surface area contributed by atoms with Gasteiger partial charge in [-0.15, -0.1) is 11.3 Å². The molecule has 1 aromatic carbocycles. The van der Waals surface area contributed by atoms with Crippen molar-refractivity contribution < 1.29 is 14.7 Å². The van der Waals surface area contributed by atoms with E-state index >= 15 is 0 Å². The Hall–Kier alpha value is -1.88. The number of hydrogen-bond acceptors (Lipinski definition) is 3. The molecule has 21 heavy (non-hydrogen) atoms. The van der Waals surface area contributed by atoms with E-state index in [0.717, 1.165) is 28.5 Å². The Morgan fingerprint density at radius 2 is 2.10 bits per heavy atom. The number of hydrogen-bond donors (Lipinski definition) is 2. The van der Waals surface area contributed by atoms with Gasteiger partial charge >= 0.3 is 5.97 Å². The van der Waals surface area contributed by atoms with Gasteiger partial charge < -0.3 is 10.4 Å². The minimum atomic E-state index is -0.966. The van der Waals surface area contributed by atoms with Crippen molar-refractivity contribution >= 4 is 33.3 Å². The molecule has 2 rings (SSSR count). The molecule has 0 fully saturated rings. The van der Waals surface area contributed by atoms with E-state index in [-0.39, 0.29) is 12.3 Å². The number of carbonyl (C=O) groups is 2. The number of thiophene rings is 1. The number of benzene rings is 1.